The van der Waals surface area contributed by atoms with Gasteiger partial charge in [0.25, 0.3) is 0 Å². The molecular weight excluding hydrogens is 316 g/mol. The van der Waals surface area contributed by atoms with E-state index in [0.29, 0.717) is 19.1 Å². The van der Waals surface area contributed by atoms with Crippen LogP contribution in [0.25, 0.3) is 0 Å². The average molecular weight is 340 g/mol. The quantitative estimate of drug-likeness (QED) is 0.876. The van der Waals surface area contributed by atoms with E-state index in [1.807, 2.05) is 54.6 Å². The summed E-state index contributed by atoms with van der Waals surface area (Å²) < 4.78 is 11.0. The van der Waals surface area contributed by atoms with Gasteiger partial charge in [-0.15, -0.1) is 0 Å². The zero-order chi connectivity index (χ0) is 17.5. The second-order valence-electron chi connectivity index (χ2n) is 6.12. The van der Waals surface area contributed by atoms with Crippen molar-refractivity contribution in [2.45, 2.75) is 19.4 Å². The Balaban J connectivity index is 1.46. The van der Waals surface area contributed by atoms with E-state index >= 15 is 0 Å². The highest BCUT2D eigenvalue weighted by atomic mass is 16.5. The third-order valence-electron chi connectivity index (χ3n) is 4.19. The maximum atomic E-state index is 12.0. The van der Waals surface area contributed by atoms with Gasteiger partial charge < -0.3 is 19.7 Å². The number of rotatable bonds is 6. The molecule has 1 fully saturated rings. The molecule has 3 rings (SSSR count). The number of hydrogen-bond acceptors (Lipinski definition) is 4. The number of ether oxygens (including phenoxy) is 2. The maximum Gasteiger partial charge on any atom is 0.227 e. The molecule has 0 aliphatic carbocycles. The standard InChI is InChI=1S/C20H24N2O3/c1-16-15-24-14-12-22(16)18-9-7-17(8-10-18)21-20(23)11-13-25-19-5-3-2-4-6-19/h2-10,16H,11-15H2,1H3,(H,21,23). The number of benzene rings is 2. The van der Waals surface area contributed by atoms with E-state index < -0.39 is 0 Å². The highest BCUT2D eigenvalue weighted by Gasteiger charge is 2.18. The van der Waals surface area contributed by atoms with Crippen molar-refractivity contribution < 1.29 is 14.3 Å². The van der Waals surface area contributed by atoms with Crippen LogP contribution in [0.2, 0.25) is 0 Å². The molecule has 25 heavy (non-hydrogen) atoms. The summed E-state index contributed by atoms with van der Waals surface area (Å²) in [5.74, 6) is 0.725. The summed E-state index contributed by atoms with van der Waals surface area (Å²) in [5.41, 5.74) is 1.95. The first kappa shape index (κ1) is 17.3. The molecule has 2 aromatic carbocycles. The van der Waals surface area contributed by atoms with Crippen LogP contribution < -0.4 is 15.0 Å². The number of carbonyl (C=O) groups excluding carboxylic acids is 1. The molecule has 2 aromatic rings. The summed E-state index contributed by atoms with van der Waals surface area (Å²) in [6.45, 7) is 4.91. The molecule has 0 radical (unpaired) electrons. The van der Waals surface area contributed by atoms with E-state index in [0.717, 1.165) is 36.9 Å². The zero-order valence-corrected chi connectivity index (χ0v) is 14.5. The molecule has 5 heteroatoms. The van der Waals surface area contributed by atoms with Crippen molar-refractivity contribution in [3.8, 4) is 5.75 Å². The van der Waals surface area contributed by atoms with Crippen molar-refractivity contribution in [1.29, 1.82) is 0 Å². The Kier molecular flexibility index (Phi) is 5.90. The fourth-order valence-electron chi connectivity index (χ4n) is 2.85. The van der Waals surface area contributed by atoms with Crippen LogP contribution in [-0.4, -0.2) is 38.3 Å². The van der Waals surface area contributed by atoms with Gasteiger partial charge in [-0.2, -0.15) is 0 Å². The SMILES string of the molecule is CC1COCCN1c1ccc(NC(=O)CCOc2ccccc2)cc1. The molecule has 1 aliphatic heterocycles. The lowest BCUT2D eigenvalue weighted by atomic mass is 10.2. The molecule has 0 aromatic heterocycles. The highest BCUT2D eigenvalue weighted by Crippen LogP contribution is 2.22. The smallest absolute Gasteiger partial charge is 0.227 e. The van der Waals surface area contributed by atoms with Gasteiger partial charge >= 0.3 is 0 Å². The summed E-state index contributed by atoms with van der Waals surface area (Å²) >= 11 is 0. The van der Waals surface area contributed by atoms with Crippen molar-refractivity contribution >= 4 is 17.3 Å². The Morgan fingerprint density at radius 3 is 2.68 bits per heavy atom. The van der Waals surface area contributed by atoms with Gasteiger partial charge in [0.05, 0.1) is 26.2 Å². The summed E-state index contributed by atoms with van der Waals surface area (Å²) in [6.07, 6.45) is 0.317. The molecule has 1 aliphatic rings. The molecule has 1 atom stereocenters. The second-order valence-corrected chi connectivity index (χ2v) is 6.12. The van der Waals surface area contributed by atoms with Gasteiger partial charge in [-0.05, 0) is 43.3 Å². The van der Waals surface area contributed by atoms with E-state index in [1.54, 1.807) is 0 Å². The number of carbonyl (C=O) groups is 1. The fraction of sp³-hybridized carbons (Fsp3) is 0.350. The third-order valence-corrected chi connectivity index (χ3v) is 4.19. The Morgan fingerprint density at radius 2 is 1.96 bits per heavy atom. The molecule has 1 heterocycles. The van der Waals surface area contributed by atoms with Crippen molar-refractivity contribution in [3.63, 3.8) is 0 Å². The van der Waals surface area contributed by atoms with Crippen LogP contribution in [-0.2, 0) is 9.53 Å². The number of amides is 1. The Morgan fingerprint density at radius 1 is 1.20 bits per heavy atom. The highest BCUT2D eigenvalue weighted by molar-refractivity contribution is 5.90. The number of anilines is 2. The topological polar surface area (TPSA) is 50.8 Å². The molecule has 0 bridgehead atoms. The first-order valence-corrected chi connectivity index (χ1v) is 8.64. The zero-order valence-electron chi connectivity index (χ0n) is 14.5. The minimum absolute atomic E-state index is 0.0524. The number of para-hydroxylation sites is 1. The van der Waals surface area contributed by atoms with Gasteiger partial charge in [-0.3, -0.25) is 4.79 Å². The molecule has 0 saturated carbocycles. The molecule has 0 spiro atoms. The van der Waals surface area contributed by atoms with E-state index in [2.05, 4.69) is 17.1 Å². The van der Waals surface area contributed by atoms with Crippen LogP contribution in [0.4, 0.5) is 11.4 Å². The average Bonchev–Trinajstić information content (AvgIpc) is 2.64. The predicted octanol–water partition coefficient (Wildman–Crippen LogP) is 3.32. The second kappa shape index (κ2) is 8.53. The summed E-state index contributed by atoms with van der Waals surface area (Å²) in [4.78, 5) is 14.3. The number of morpholine rings is 1. The Hall–Kier alpha value is -2.53. The number of nitrogens with zero attached hydrogens (tertiary/aromatic N) is 1. The predicted molar refractivity (Wildman–Crippen MR) is 99.3 cm³/mol. The monoisotopic (exact) mass is 340 g/mol. The lowest BCUT2D eigenvalue weighted by molar-refractivity contribution is -0.116. The molecule has 1 saturated heterocycles. The fourth-order valence-corrected chi connectivity index (χ4v) is 2.85. The molecule has 132 valence electrons. The summed E-state index contributed by atoms with van der Waals surface area (Å²) in [7, 11) is 0. The summed E-state index contributed by atoms with van der Waals surface area (Å²) in [5, 5.41) is 2.91. The van der Waals surface area contributed by atoms with E-state index in [9.17, 15) is 4.79 Å². The van der Waals surface area contributed by atoms with E-state index in [1.165, 1.54) is 0 Å². The maximum absolute atomic E-state index is 12.0. The van der Waals surface area contributed by atoms with Crippen LogP contribution in [0, 0.1) is 0 Å². The van der Waals surface area contributed by atoms with Gasteiger partial charge in [0.15, 0.2) is 0 Å². The van der Waals surface area contributed by atoms with Crippen molar-refractivity contribution in [3.05, 3.63) is 54.6 Å². The Bertz CT molecular complexity index is 673. The summed E-state index contributed by atoms with van der Waals surface area (Å²) in [6, 6.07) is 17.8. The normalized spacial score (nSPS) is 17.2. The van der Waals surface area contributed by atoms with Gasteiger partial charge in [0.2, 0.25) is 5.91 Å². The van der Waals surface area contributed by atoms with E-state index in [4.69, 9.17) is 9.47 Å². The van der Waals surface area contributed by atoms with Crippen LogP contribution in [0.3, 0.4) is 0 Å². The van der Waals surface area contributed by atoms with Crippen LogP contribution in [0.5, 0.6) is 5.75 Å². The van der Waals surface area contributed by atoms with Gasteiger partial charge in [0.1, 0.15) is 5.75 Å². The molecule has 1 unspecified atom stereocenters. The minimum atomic E-state index is -0.0524. The molecule has 1 N–H and O–H groups in total. The third kappa shape index (κ3) is 4.97. The van der Waals surface area contributed by atoms with Crippen LogP contribution >= 0.6 is 0 Å². The largest absolute Gasteiger partial charge is 0.493 e. The Labute approximate surface area is 148 Å². The molecule has 5 nitrogen and oxygen atoms in total. The van der Waals surface area contributed by atoms with Gasteiger partial charge in [0, 0.05) is 24.0 Å². The molecule has 1 amide bonds. The minimum Gasteiger partial charge on any atom is -0.493 e. The van der Waals surface area contributed by atoms with Crippen molar-refractivity contribution in [1.82, 2.24) is 0 Å². The van der Waals surface area contributed by atoms with Crippen LogP contribution in [0.1, 0.15) is 13.3 Å². The van der Waals surface area contributed by atoms with Gasteiger partial charge in [-0.25, -0.2) is 0 Å². The first-order chi connectivity index (χ1) is 12.2. The number of nitrogens with one attached hydrogen (secondary N) is 1. The van der Waals surface area contributed by atoms with Gasteiger partial charge in [-0.1, -0.05) is 18.2 Å². The number of hydrogen-bond donors (Lipinski definition) is 1. The van der Waals surface area contributed by atoms with E-state index in [-0.39, 0.29) is 5.91 Å². The first-order valence-electron chi connectivity index (χ1n) is 8.64. The molecular formula is C20H24N2O3. The van der Waals surface area contributed by atoms with Crippen molar-refractivity contribution in [2.24, 2.45) is 0 Å². The van der Waals surface area contributed by atoms with Crippen molar-refractivity contribution in [2.75, 3.05) is 36.6 Å². The van der Waals surface area contributed by atoms with Crippen LogP contribution in [0.15, 0.2) is 54.6 Å². The lowest BCUT2D eigenvalue weighted by Crippen LogP contribution is -2.43. The lowest BCUT2D eigenvalue weighted by Gasteiger charge is -2.35.